The van der Waals surface area contributed by atoms with Gasteiger partial charge < -0.3 is 5.32 Å². The van der Waals surface area contributed by atoms with Crippen molar-refractivity contribution >= 4 is 0 Å². The topological polar surface area (TPSA) is 15.3 Å². The number of nitrogens with zero attached hydrogens (tertiary/aromatic N) is 1. The predicted octanol–water partition coefficient (Wildman–Crippen LogP) is 2.89. The van der Waals surface area contributed by atoms with E-state index >= 15 is 0 Å². The van der Waals surface area contributed by atoms with E-state index in [1.165, 1.54) is 38.8 Å². The highest BCUT2D eigenvalue weighted by Gasteiger charge is 2.26. The van der Waals surface area contributed by atoms with Gasteiger partial charge in [-0.2, -0.15) is 0 Å². The Labute approximate surface area is 102 Å². The fourth-order valence-electron chi connectivity index (χ4n) is 3.10. The van der Waals surface area contributed by atoms with Gasteiger partial charge in [-0.1, -0.05) is 33.6 Å². The van der Waals surface area contributed by atoms with Gasteiger partial charge in [-0.05, 0) is 38.8 Å². The molecule has 2 nitrogen and oxygen atoms in total. The van der Waals surface area contributed by atoms with Crippen LogP contribution in [0.1, 0.15) is 53.4 Å². The van der Waals surface area contributed by atoms with Crippen molar-refractivity contribution in [3.63, 3.8) is 0 Å². The van der Waals surface area contributed by atoms with Crippen molar-refractivity contribution in [2.45, 2.75) is 65.5 Å². The Morgan fingerprint density at radius 1 is 1.25 bits per heavy atom. The van der Waals surface area contributed by atoms with Gasteiger partial charge in [0, 0.05) is 18.6 Å². The van der Waals surface area contributed by atoms with Gasteiger partial charge in [0.25, 0.3) is 0 Å². The first-order valence-electron chi connectivity index (χ1n) is 7.20. The molecule has 0 saturated carbocycles. The number of piperidine rings is 1. The molecule has 0 bridgehead atoms. The van der Waals surface area contributed by atoms with E-state index in [9.17, 15) is 0 Å². The lowest BCUT2D eigenvalue weighted by atomic mass is 9.92. The summed E-state index contributed by atoms with van der Waals surface area (Å²) in [5, 5.41) is 3.60. The molecule has 2 atom stereocenters. The van der Waals surface area contributed by atoms with Crippen LogP contribution in [0.5, 0.6) is 0 Å². The van der Waals surface area contributed by atoms with E-state index in [0.29, 0.717) is 0 Å². The minimum atomic E-state index is 0.732. The maximum Gasteiger partial charge on any atom is 0.0195 e. The zero-order valence-corrected chi connectivity index (χ0v) is 11.6. The minimum Gasteiger partial charge on any atom is -0.313 e. The van der Waals surface area contributed by atoms with Gasteiger partial charge in [0.1, 0.15) is 0 Å². The molecule has 1 N–H and O–H groups in total. The third kappa shape index (κ3) is 3.74. The molecular formula is C14H30N2. The number of likely N-dealkylation sites (N-methyl/N-ethyl adjacent to an activating group) is 1. The fourth-order valence-corrected chi connectivity index (χ4v) is 3.10. The molecule has 96 valence electrons. The first-order valence-corrected chi connectivity index (χ1v) is 7.20. The Kier molecular flexibility index (Phi) is 6.37. The third-order valence-corrected chi connectivity index (χ3v) is 4.25. The van der Waals surface area contributed by atoms with Gasteiger partial charge in [0.15, 0.2) is 0 Å². The normalized spacial score (nSPS) is 24.9. The Morgan fingerprint density at radius 3 is 2.50 bits per heavy atom. The van der Waals surface area contributed by atoms with Crippen LogP contribution in [-0.2, 0) is 0 Å². The van der Waals surface area contributed by atoms with Crippen LogP contribution in [0.3, 0.4) is 0 Å². The SMILES string of the molecule is CCNC1CCCN(C(C)C(CC)CC)C1. The van der Waals surface area contributed by atoms with Crippen molar-refractivity contribution in [3.8, 4) is 0 Å². The predicted molar refractivity (Wildman–Crippen MR) is 71.8 cm³/mol. The van der Waals surface area contributed by atoms with E-state index in [1.54, 1.807) is 0 Å². The second-order valence-electron chi connectivity index (χ2n) is 5.21. The van der Waals surface area contributed by atoms with Gasteiger partial charge in [-0.15, -0.1) is 0 Å². The molecule has 1 aliphatic heterocycles. The Balaban J connectivity index is 2.45. The molecule has 0 aromatic carbocycles. The molecule has 0 radical (unpaired) electrons. The summed E-state index contributed by atoms with van der Waals surface area (Å²) < 4.78 is 0. The average molecular weight is 226 g/mol. The largest absolute Gasteiger partial charge is 0.313 e. The van der Waals surface area contributed by atoms with Crippen LogP contribution in [0.2, 0.25) is 0 Å². The maximum absolute atomic E-state index is 3.60. The van der Waals surface area contributed by atoms with Crippen LogP contribution in [0, 0.1) is 5.92 Å². The van der Waals surface area contributed by atoms with Crippen molar-refractivity contribution in [1.29, 1.82) is 0 Å². The molecular weight excluding hydrogens is 196 g/mol. The summed E-state index contributed by atoms with van der Waals surface area (Å²) in [4.78, 5) is 2.70. The van der Waals surface area contributed by atoms with Crippen LogP contribution >= 0.6 is 0 Å². The maximum atomic E-state index is 3.60. The van der Waals surface area contributed by atoms with Gasteiger partial charge in [0.2, 0.25) is 0 Å². The summed E-state index contributed by atoms with van der Waals surface area (Å²) in [6.45, 7) is 13.0. The molecule has 1 fully saturated rings. The number of hydrogen-bond donors (Lipinski definition) is 1. The van der Waals surface area contributed by atoms with Crippen LogP contribution in [0.15, 0.2) is 0 Å². The zero-order chi connectivity index (χ0) is 12.0. The Hall–Kier alpha value is -0.0800. The summed E-state index contributed by atoms with van der Waals surface area (Å²) in [5.41, 5.74) is 0. The fraction of sp³-hybridized carbons (Fsp3) is 1.00. The summed E-state index contributed by atoms with van der Waals surface area (Å²) in [7, 11) is 0. The minimum absolute atomic E-state index is 0.732. The van der Waals surface area contributed by atoms with Crippen LogP contribution < -0.4 is 5.32 Å². The molecule has 0 aliphatic carbocycles. The van der Waals surface area contributed by atoms with E-state index in [0.717, 1.165) is 24.5 Å². The summed E-state index contributed by atoms with van der Waals surface area (Å²) in [5.74, 6) is 0.875. The first-order chi connectivity index (χ1) is 7.72. The van der Waals surface area contributed by atoms with E-state index < -0.39 is 0 Å². The quantitative estimate of drug-likeness (QED) is 0.749. The van der Waals surface area contributed by atoms with Gasteiger partial charge in [-0.3, -0.25) is 4.90 Å². The monoisotopic (exact) mass is 226 g/mol. The summed E-state index contributed by atoms with van der Waals surface area (Å²) >= 11 is 0. The standard InChI is InChI=1S/C14H30N2/c1-5-13(6-2)12(4)16-10-8-9-14(11-16)15-7-3/h12-15H,5-11H2,1-4H3. The number of hydrogen-bond acceptors (Lipinski definition) is 2. The lowest BCUT2D eigenvalue weighted by Gasteiger charge is -2.40. The lowest BCUT2D eigenvalue weighted by molar-refractivity contribution is 0.105. The summed E-state index contributed by atoms with van der Waals surface area (Å²) in [6, 6.07) is 1.49. The Morgan fingerprint density at radius 2 is 1.94 bits per heavy atom. The molecule has 0 aromatic heterocycles. The molecule has 1 heterocycles. The van der Waals surface area contributed by atoms with Gasteiger partial charge >= 0.3 is 0 Å². The van der Waals surface area contributed by atoms with Crippen molar-refractivity contribution < 1.29 is 0 Å². The molecule has 0 aromatic rings. The highest BCUT2D eigenvalue weighted by atomic mass is 15.2. The van der Waals surface area contributed by atoms with Crippen molar-refractivity contribution in [3.05, 3.63) is 0 Å². The number of rotatable bonds is 6. The van der Waals surface area contributed by atoms with E-state index in [-0.39, 0.29) is 0 Å². The van der Waals surface area contributed by atoms with E-state index in [2.05, 4.69) is 37.9 Å². The van der Waals surface area contributed by atoms with E-state index in [1.807, 2.05) is 0 Å². The van der Waals surface area contributed by atoms with Crippen LogP contribution in [0.25, 0.3) is 0 Å². The molecule has 1 rings (SSSR count). The second kappa shape index (κ2) is 7.29. The first kappa shape index (κ1) is 14.0. The molecule has 2 heteroatoms. The van der Waals surface area contributed by atoms with E-state index in [4.69, 9.17) is 0 Å². The average Bonchev–Trinajstić information content (AvgIpc) is 2.31. The molecule has 2 unspecified atom stereocenters. The van der Waals surface area contributed by atoms with Crippen molar-refractivity contribution in [2.75, 3.05) is 19.6 Å². The highest BCUT2D eigenvalue weighted by molar-refractivity contribution is 4.83. The molecule has 16 heavy (non-hydrogen) atoms. The van der Waals surface area contributed by atoms with Gasteiger partial charge in [-0.25, -0.2) is 0 Å². The molecule has 1 aliphatic rings. The summed E-state index contributed by atoms with van der Waals surface area (Å²) in [6.07, 6.45) is 5.36. The van der Waals surface area contributed by atoms with Crippen molar-refractivity contribution in [1.82, 2.24) is 10.2 Å². The molecule has 1 saturated heterocycles. The third-order valence-electron chi connectivity index (χ3n) is 4.25. The molecule has 0 spiro atoms. The zero-order valence-electron chi connectivity index (χ0n) is 11.6. The smallest absolute Gasteiger partial charge is 0.0195 e. The van der Waals surface area contributed by atoms with Crippen molar-refractivity contribution in [2.24, 2.45) is 5.92 Å². The van der Waals surface area contributed by atoms with Crippen LogP contribution in [-0.4, -0.2) is 36.6 Å². The Bertz CT molecular complexity index is 176. The second-order valence-corrected chi connectivity index (χ2v) is 5.21. The van der Waals surface area contributed by atoms with Gasteiger partial charge in [0.05, 0.1) is 0 Å². The lowest BCUT2D eigenvalue weighted by Crippen LogP contribution is -2.50. The highest BCUT2D eigenvalue weighted by Crippen LogP contribution is 2.22. The number of likely N-dealkylation sites (tertiary alicyclic amines) is 1. The number of nitrogens with one attached hydrogen (secondary N) is 1. The van der Waals surface area contributed by atoms with Crippen LogP contribution in [0.4, 0.5) is 0 Å². The molecule has 0 amide bonds.